The molecule has 2 nitrogen and oxygen atoms in total. The van der Waals surface area contributed by atoms with Gasteiger partial charge in [-0.3, -0.25) is 0 Å². The zero-order valence-electron chi connectivity index (χ0n) is 11.8. The quantitative estimate of drug-likeness (QED) is 0.896. The minimum atomic E-state index is 0.0831. The molecule has 1 aromatic carbocycles. The van der Waals surface area contributed by atoms with Crippen molar-refractivity contribution < 1.29 is 4.42 Å². The van der Waals surface area contributed by atoms with Gasteiger partial charge in [0.2, 0.25) is 0 Å². The first-order valence-corrected chi connectivity index (χ1v) is 7.76. The lowest BCUT2D eigenvalue weighted by molar-refractivity contribution is 0.453. The molecule has 1 aliphatic rings. The van der Waals surface area contributed by atoms with Crippen LogP contribution in [0.15, 0.2) is 34.7 Å². The van der Waals surface area contributed by atoms with E-state index >= 15 is 0 Å². The molecule has 3 heteroatoms. The van der Waals surface area contributed by atoms with Crippen molar-refractivity contribution >= 4 is 11.6 Å². The van der Waals surface area contributed by atoms with E-state index in [1.54, 1.807) is 6.07 Å². The van der Waals surface area contributed by atoms with Gasteiger partial charge in [-0.15, -0.1) is 0 Å². The molecule has 0 aliphatic heterocycles. The lowest BCUT2D eigenvalue weighted by atomic mass is 9.89. The van der Waals surface area contributed by atoms with Crippen molar-refractivity contribution in [2.24, 2.45) is 0 Å². The Bertz CT molecular complexity index is 590. The fraction of sp³-hybridized carbons (Fsp3) is 0.412. The van der Waals surface area contributed by atoms with Crippen molar-refractivity contribution in [2.75, 3.05) is 6.54 Å². The number of fused-ring (bicyclic) bond motifs is 1. The average Bonchev–Trinajstić information content (AvgIpc) is 2.90. The van der Waals surface area contributed by atoms with Crippen LogP contribution in [-0.4, -0.2) is 6.54 Å². The van der Waals surface area contributed by atoms with Crippen molar-refractivity contribution in [3.63, 3.8) is 0 Å². The van der Waals surface area contributed by atoms with Crippen LogP contribution in [0.3, 0.4) is 0 Å². The van der Waals surface area contributed by atoms with Crippen LogP contribution in [0.4, 0.5) is 0 Å². The highest BCUT2D eigenvalue weighted by Gasteiger charge is 2.19. The van der Waals surface area contributed by atoms with E-state index in [-0.39, 0.29) is 6.04 Å². The fourth-order valence-corrected chi connectivity index (χ4v) is 3.16. The number of benzene rings is 1. The summed E-state index contributed by atoms with van der Waals surface area (Å²) in [7, 11) is 0. The summed E-state index contributed by atoms with van der Waals surface area (Å²) in [5, 5.41) is 3.93. The molecule has 0 spiro atoms. The highest BCUT2D eigenvalue weighted by atomic mass is 35.5. The van der Waals surface area contributed by atoms with E-state index in [2.05, 4.69) is 30.4 Å². The summed E-state index contributed by atoms with van der Waals surface area (Å²) in [5.41, 5.74) is 4.26. The first kappa shape index (κ1) is 13.7. The van der Waals surface area contributed by atoms with Crippen molar-refractivity contribution in [2.45, 2.75) is 38.6 Å². The molecule has 3 rings (SSSR count). The summed E-state index contributed by atoms with van der Waals surface area (Å²) >= 11 is 5.91. The van der Waals surface area contributed by atoms with Crippen molar-refractivity contribution in [1.29, 1.82) is 0 Å². The Morgan fingerprint density at radius 2 is 1.95 bits per heavy atom. The minimum absolute atomic E-state index is 0.0831. The number of hydrogen-bond donors (Lipinski definition) is 1. The largest absolute Gasteiger partial charge is 0.448 e. The van der Waals surface area contributed by atoms with E-state index in [1.807, 2.05) is 6.07 Å². The number of aryl methyl sites for hydroxylation is 2. The van der Waals surface area contributed by atoms with E-state index in [1.165, 1.54) is 42.4 Å². The summed E-state index contributed by atoms with van der Waals surface area (Å²) in [6.07, 6.45) is 5.03. The molecule has 1 unspecified atom stereocenters. The smallest absolute Gasteiger partial charge is 0.193 e. The molecule has 0 radical (unpaired) electrons. The van der Waals surface area contributed by atoms with Crippen molar-refractivity contribution in [3.05, 3.63) is 58.0 Å². The Hall–Kier alpha value is -1.25. The van der Waals surface area contributed by atoms with Gasteiger partial charge >= 0.3 is 0 Å². The second-order valence-electron chi connectivity index (χ2n) is 5.37. The number of furan rings is 1. The van der Waals surface area contributed by atoms with Crippen LogP contribution in [0.2, 0.25) is 5.22 Å². The van der Waals surface area contributed by atoms with E-state index in [9.17, 15) is 0 Å². The SMILES string of the molecule is CCNC(c1ccc2c(c1)CCCC2)c1ccc(Cl)o1. The molecule has 1 atom stereocenters. The molecule has 0 bridgehead atoms. The summed E-state index contributed by atoms with van der Waals surface area (Å²) in [4.78, 5) is 0. The second kappa shape index (κ2) is 6.02. The van der Waals surface area contributed by atoms with Crippen LogP contribution in [0, 0.1) is 0 Å². The molecular weight excluding hydrogens is 270 g/mol. The third-order valence-electron chi connectivity index (χ3n) is 3.99. The van der Waals surface area contributed by atoms with Crippen LogP contribution in [-0.2, 0) is 12.8 Å². The highest BCUT2D eigenvalue weighted by Crippen LogP contribution is 2.29. The average molecular weight is 290 g/mol. The first-order chi connectivity index (χ1) is 9.78. The molecule has 1 N–H and O–H groups in total. The van der Waals surface area contributed by atoms with Crippen LogP contribution in [0.5, 0.6) is 0 Å². The van der Waals surface area contributed by atoms with Crippen molar-refractivity contribution in [3.8, 4) is 0 Å². The monoisotopic (exact) mass is 289 g/mol. The van der Waals surface area contributed by atoms with Gasteiger partial charge in [-0.25, -0.2) is 0 Å². The lowest BCUT2D eigenvalue weighted by Crippen LogP contribution is -2.22. The van der Waals surface area contributed by atoms with Gasteiger partial charge in [0.15, 0.2) is 5.22 Å². The number of hydrogen-bond acceptors (Lipinski definition) is 2. The molecular formula is C17H20ClNO. The van der Waals surface area contributed by atoms with Gasteiger partial charge < -0.3 is 9.73 Å². The van der Waals surface area contributed by atoms with Gasteiger partial charge in [-0.2, -0.15) is 0 Å². The van der Waals surface area contributed by atoms with Gasteiger partial charge in [-0.1, -0.05) is 25.1 Å². The molecule has 0 amide bonds. The first-order valence-electron chi connectivity index (χ1n) is 7.38. The van der Waals surface area contributed by atoms with Crippen LogP contribution in [0.1, 0.15) is 48.3 Å². The maximum absolute atomic E-state index is 5.91. The van der Waals surface area contributed by atoms with Crippen molar-refractivity contribution in [1.82, 2.24) is 5.32 Å². The van der Waals surface area contributed by atoms with E-state index in [4.69, 9.17) is 16.0 Å². The highest BCUT2D eigenvalue weighted by molar-refractivity contribution is 6.28. The molecule has 0 saturated carbocycles. The van der Waals surface area contributed by atoms with Gasteiger partial charge in [0, 0.05) is 0 Å². The zero-order valence-corrected chi connectivity index (χ0v) is 12.5. The zero-order chi connectivity index (χ0) is 13.9. The molecule has 0 fully saturated rings. The maximum Gasteiger partial charge on any atom is 0.193 e. The number of rotatable bonds is 4. The van der Waals surface area contributed by atoms with Gasteiger partial charge in [-0.05, 0) is 72.7 Å². The topological polar surface area (TPSA) is 25.2 Å². The van der Waals surface area contributed by atoms with Gasteiger partial charge in [0.05, 0.1) is 6.04 Å². The fourth-order valence-electron chi connectivity index (χ4n) is 3.00. The Labute approximate surface area is 125 Å². The predicted molar refractivity (Wildman–Crippen MR) is 82.3 cm³/mol. The molecule has 1 aliphatic carbocycles. The Kier molecular flexibility index (Phi) is 4.13. The summed E-state index contributed by atoms with van der Waals surface area (Å²) < 4.78 is 5.60. The summed E-state index contributed by atoms with van der Waals surface area (Å²) in [6.45, 7) is 3.00. The molecule has 2 aromatic rings. The second-order valence-corrected chi connectivity index (χ2v) is 5.74. The normalized spacial score (nSPS) is 15.9. The maximum atomic E-state index is 5.91. The molecule has 0 saturated heterocycles. The van der Waals surface area contributed by atoms with Crippen LogP contribution < -0.4 is 5.32 Å². The molecule has 1 aromatic heterocycles. The third-order valence-corrected chi connectivity index (χ3v) is 4.20. The Balaban J connectivity index is 1.95. The van der Waals surface area contributed by atoms with Gasteiger partial charge in [0.25, 0.3) is 0 Å². The Morgan fingerprint density at radius 3 is 2.65 bits per heavy atom. The molecule has 20 heavy (non-hydrogen) atoms. The molecule has 106 valence electrons. The van der Waals surface area contributed by atoms with E-state index < -0.39 is 0 Å². The lowest BCUT2D eigenvalue weighted by Gasteiger charge is -2.21. The van der Waals surface area contributed by atoms with E-state index in [0.29, 0.717) is 5.22 Å². The van der Waals surface area contributed by atoms with Gasteiger partial charge in [0.1, 0.15) is 5.76 Å². The number of nitrogens with one attached hydrogen (secondary N) is 1. The van der Waals surface area contributed by atoms with Crippen LogP contribution >= 0.6 is 11.6 Å². The minimum Gasteiger partial charge on any atom is -0.448 e. The predicted octanol–water partition coefficient (Wildman–Crippen LogP) is 4.51. The summed E-state index contributed by atoms with van der Waals surface area (Å²) in [6, 6.07) is 10.7. The van der Waals surface area contributed by atoms with Crippen LogP contribution in [0.25, 0.3) is 0 Å². The third kappa shape index (κ3) is 2.77. The molecule has 1 heterocycles. The number of halogens is 1. The summed E-state index contributed by atoms with van der Waals surface area (Å²) in [5.74, 6) is 0.882. The Morgan fingerprint density at radius 1 is 1.15 bits per heavy atom. The standard InChI is InChI=1S/C17H20ClNO/c1-2-19-17(15-9-10-16(18)20-15)14-8-7-12-5-3-4-6-13(12)11-14/h7-11,17,19H,2-6H2,1H3. The van der Waals surface area contributed by atoms with E-state index in [0.717, 1.165) is 12.3 Å².